The van der Waals surface area contributed by atoms with Crippen molar-refractivity contribution in [2.45, 2.75) is 49.5 Å². The summed E-state index contributed by atoms with van der Waals surface area (Å²) >= 11 is 1.22. The zero-order chi connectivity index (χ0) is 20.7. The third-order valence-corrected chi connectivity index (χ3v) is 5.65. The highest BCUT2D eigenvalue weighted by molar-refractivity contribution is 7.99. The minimum Gasteiger partial charge on any atom is -0.483 e. The average Bonchev–Trinajstić information content (AvgIpc) is 3.34. The molecule has 1 aromatic heterocycles. The number of hydrogen-bond donors (Lipinski definition) is 1. The van der Waals surface area contributed by atoms with E-state index >= 15 is 0 Å². The van der Waals surface area contributed by atoms with Crippen LogP contribution in [0.3, 0.4) is 0 Å². The van der Waals surface area contributed by atoms with E-state index in [1.807, 2.05) is 0 Å². The highest BCUT2D eigenvalue weighted by Gasteiger charge is 2.35. The molecule has 1 N–H and O–H groups in total. The fourth-order valence-corrected chi connectivity index (χ4v) is 3.99. The van der Waals surface area contributed by atoms with E-state index in [1.54, 1.807) is 22.8 Å². The number of para-hydroxylation sites is 1. The Balaban J connectivity index is 1.62. The summed E-state index contributed by atoms with van der Waals surface area (Å²) in [6.07, 6.45) is 4.94. The van der Waals surface area contributed by atoms with E-state index in [0.717, 1.165) is 12.8 Å². The van der Waals surface area contributed by atoms with Crippen LogP contribution in [-0.2, 0) is 17.9 Å². The van der Waals surface area contributed by atoms with Crippen LogP contribution in [0.1, 0.15) is 31.5 Å². The molecular weight excluding hydrogens is 393 g/mol. The summed E-state index contributed by atoms with van der Waals surface area (Å²) in [5.74, 6) is 0.0861. The average molecular weight is 415 g/mol. The quantitative estimate of drug-likeness (QED) is 0.499. The number of benzene rings is 1. The SMILES string of the molecule is C=CCn1c(COc2ccccc2F)nnc1SCC(=O)NC1(C#N)CCCC1. The van der Waals surface area contributed by atoms with E-state index in [2.05, 4.69) is 28.2 Å². The Morgan fingerprint density at radius 3 is 2.86 bits per heavy atom. The standard InChI is InChI=1S/C20H22FN5O2S/c1-2-11-26-17(12-28-16-8-4-3-7-15(16)21)24-25-19(26)29-13-18(27)23-20(14-22)9-5-6-10-20/h2-4,7-8H,1,5-6,9-13H2,(H,23,27). The van der Waals surface area contributed by atoms with Gasteiger partial charge in [-0.3, -0.25) is 9.36 Å². The van der Waals surface area contributed by atoms with Crippen LogP contribution in [0.2, 0.25) is 0 Å². The van der Waals surface area contributed by atoms with Crippen molar-refractivity contribution in [3.05, 3.63) is 48.6 Å². The lowest BCUT2D eigenvalue weighted by Gasteiger charge is -2.21. The topological polar surface area (TPSA) is 92.8 Å². The highest BCUT2D eigenvalue weighted by Crippen LogP contribution is 2.29. The predicted octanol–water partition coefficient (Wildman–Crippen LogP) is 3.23. The molecule has 0 spiro atoms. The summed E-state index contributed by atoms with van der Waals surface area (Å²) in [5, 5.41) is 21.0. The van der Waals surface area contributed by atoms with Gasteiger partial charge in [-0.15, -0.1) is 16.8 Å². The van der Waals surface area contributed by atoms with Crippen molar-refractivity contribution < 1.29 is 13.9 Å². The van der Waals surface area contributed by atoms with Crippen LogP contribution in [0.4, 0.5) is 4.39 Å². The lowest BCUT2D eigenvalue weighted by atomic mass is 10.0. The molecule has 7 nitrogen and oxygen atoms in total. The molecule has 1 saturated carbocycles. The maximum atomic E-state index is 13.7. The summed E-state index contributed by atoms with van der Waals surface area (Å²) in [6, 6.07) is 8.38. The molecule has 1 aliphatic rings. The lowest BCUT2D eigenvalue weighted by Crippen LogP contribution is -2.45. The first-order valence-electron chi connectivity index (χ1n) is 9.32. The number of amides is 1. The predicted molar refractivity (Wildman–Crippen MR) is 107 cm³/mol. The Morgan fingerprint density at radius 2 is 2.17 bits per heavy atom. The fourth-order valence-electron chi connectivity index (χ4n) is 3.23. The number of ether oxygens (including phenoxy) is 1. The van der Waals surface area contributed by atoms with Crippen LogP contribution in [0.25, 0.3) is 0 Å². The normalized spacial score (nSPS) is 14.9. The molecule has 1 amide bonds. The number of carbonyl (C=O) groups is 1. The molecule has 0 atom stereocenters. The van der Waals surface area contributed by atoms with Crippen molar-refractivity contribution >= 4 is 17.7 Å². The smallest absolute Gasteiger partial charge is 0.231 e. The van der Waals surface area contributed by atoms with Crippen LogP contribution in [0.15, 0.2) is 42.1 Å². The van der Waals surface area contributed by atoms with Gasteiger partial charge in [0.15, 0.2) is 22.5 Å². The summed E-state index contributed by atoms with van der Waals surface area (Å²) < 4.78 is 21.0. The molecule has 29 heavy (non-hydrogen) atoms. The Labute approximate surface area is 173 Å². The van der Waals surface area contributed by atoms with Gasteiger partial charge >= 0.3 is 0 Å². The molecule has 1 fully saturated rings. The zero-order valence-corrected chi connectivity index (χ0v) is 16.8. The van der Waals surface area contributed by atoms with Crippen molar-refractivity contribution in [2.75, 3.05) is 5.75 Å². The second-order valence-electron chi connectivity index (χ2n) is 6.76. The van der Waals surface area contributed by atoms with Crippen molar-refractivity contribution in [3.8, 4) is 11.8 Å². The molecule has 0 unspecified atom stereocenters. The second-order valence-corrected chi connectivity index (χ2v) is 7.70. The Kier molecular flexibility index (Phi) is 6.88. The number of aromatic nitrogens is 3. The number of nitriles is 1. The zero-order valence-electron chi connectivity index (χ0n) is 15.9. The van der Waals surface area contributed by atoms with Crippen LogP contribution >= 0.6 is 11.8 Å². The van der Waals surface area contributed by atoms with Crippen LogP contribution in [0, 0.1) is 17.1 Å². The van der Waals surface area contributed by atoms with Crippen molar-refractivity contribution in [1.29, 1.82) is 5.26 Å². The molecule has 0 saturated heterocycles. The summed E-state index contributed by atoms with van der Waals surface area (Å²) in [4.78, 5) is 12.3. The van der Waals surface area contributed by atoms with Crippen molar-refractivity contribution in [3.63, 3.8) is 0 Å². The molecule has 1 aliphatic carbocycles. The van der Waals surface area contributed by atoms with Gasteiger partial charge in [-0.05, 0) is 37.8 Å². The number of allylic oxidation sites excluding steroid dienone is 1. The molecule has 152 valence electrons. The van der Waals surface area contributed by atoms with Gasteiger partial charge in [0.05, 0.1) is 11.8 Å². The summed E-state index contributed by atoms with van der Waals surface area (Å²) in [7, 11) is 0. The molecular formula is C20H22FN5O2S. The maximum Gasteiger partial charge on any atom is 0.231 e. The van der Waals surface area contributed by atoms with Gasteiger partial charge < -0.3 is 10.1 Å². The molecule has 0 radical (unpaired) electrons. The Hall–Kier alpha value is -2.86. The summed E-state index contributed by atoms with van der Waals surface area (Å²) in [5.41, 5.74) is -0.745. The molecule has 1 aromatic carbocycles. The first kappa shape index (κ1) is 20.9. The largest absolute Gasteiger partial charge is 0.483 e. The number of carbonyl (C=O) groups excluding carboxylic acids is 1. The van der Waals surface area contributed by atoms with Crippen LogP contribution < -0.4 is 10.1 Å². The van der Waals surface area contributed by atoms with Gasteiger partial charge in [0.25, 0.3) is 0 Å². The minimum atomic E-state index is -0.745. The van der Waals surface area contributed by atoms with Crippen LogP contribution in [-0.4, -0.2) is 32.0 Å². The highest BCUT2D eigenvalue weighted by atomic mass is 32.2. The maximum absolute atomic E-state index is 13.7. The molecule has 0 bridgehead atoms. The van der Waals surface area contributed by atoms with Gasteiger partial charge in [-0.2, -0.15) is 5.26 Å². The van der Waals surface area contributed by atoms with Gasteiger partial charge in [0.1, 0.15) is 12.1 Å². The number of rotatable bonds is 9. The van der Waals surface area contributed by atoms with Crippen molar-refractivity contribution in [2.24, 2.45) is 0 Å². The fraction of sp³-hybridized carbons (Fsp3) is 0.400. The molecule has 3 rings (SSSR count). The Morgan fingerprint density at radius 1 is 1.41 bits per heavy atom. The molecule has 9 heteroatoms. The van der Waals surface area contributed by atoms with Gasteiger partial charge in [0, 0.05) is 6.54 Å². The van der Waals surface area contributed by atoms with E-state index in [0.29, 0.717) is 30.4 Å². The molecule has 1 heterocycles. The number of halogens is 1. The molecule has 2 aromatic rings. The third kappa shape index (κ3) is 5.15. The number of thioether (sulfide) groups is 1. The number of nitrogens with one attached hydrogen (secondary N) is 1. The first-order chi connectivity index (χ1) is 14.1. The summed E-state index contributed by atoms with van der Waals surface area (Å²) in [6.45, 7) is 4.19. The second kappa shape index (κ2) is 9.56. The van der Waals surface area contributed by atoms with Gasteiger partial charge in [-0.25, -0.2) is 4.39 Å². The lowest BCUT2D eigenvalue weighted by molar-refractivity contribution is -0.119. The third-order valence-electron chi connectivity index (χ3n) is 4.68. The van der Waals surface area contributed by atoms with Crippen LogP contribution in [0.5, 0.6) is 5.75 Å². The molecule has 0 aliphatic heterocycles. The number of nitrogens with zero attached hydrogens (tertiary/aromatic N) is 4. The minimum absolute atomic E-state index is 0.0338. The number of hydrogen-bond acceptors (Lipinski definition) is 6. The van der Waals surface area contributed by atoms with E-state index in [-0.39, 0.29) is 24.0 Å². The van der Waals surface area contributed by atoms with Gasteiger partial charge in [0.2, 0.25) is 5.91 Å². The van der Waals surface area contributed by atoms with Gasteiger partial charge in [-0.1, -0.05) is 30.0 Å². The first-order valence-corrected chi connectivity index (χ1v) is 10.3. The van der Waals surface area contributed by atoms with E-state index in [9.17, 15) is 14.4 Å². The monoisotopic (exact) mass is 415 g/mol. The Bertz CT molecular complexity index is 918. The van der Waals surface area contributed by atoms with E-state index in [1.165, 1.54) is 23.9 Å². The van der Waals surface area contributed by atoms with Crippen molar-refractivity contribution in [1.82, 2.24) is 20.1 Å². The van der Waals surface area contributed by atoms with E-state index < -0.39 is 11.4 Å². The van der Waals surface area contributed by atoms with E-state index in [4.69, 9.17) is 4.74 Å².